The summed E-state index contributed by atoms with van der Waals surface area (Å²) < 4.78 is 5.26. The fourth-order valence-electron chi connectivity index (χ4n) is 2.69. The van der Waals surface area contributed by atoms with E-state index in [1.165, 1.54) is 43.4 Å². The van der Waals surface area contributed by atoms with Gasteiger partial charge in [0.1, 0.15) is 4.88 Å². The van der Waals surface area contributed by atoms with Crippen LogP contribution in [0.1, 0.15) is 60.8 Å². The van der Waals surface area contributed by atoms with Crippen molar-refractivity contribution in [1.29, 1.82) is 0 Å². The Morgan fingerprint density at radius 2 is 2.14 bits per heavy atom. The van der Waals surface area contributed by atoms with E-state index in [0.29, 0.717) is 19.2 Å². The maximum atomic E-state index is 12.2. The van der Waals surface area contributed by atoms with E-state index >= 15 is 0 Å². The van der Waals surface area contributed by atoms with Crippen LogP contribution >= 0.6 is 11.3 Å². The van der Waals surface area contributed by atoms with Crippen molar-refractivity contribution in [3.63, 3.8) is 0 Å². The summed E-state index contributed by atoms with van der Waals surface area (Å²) in [5.74, 6) is -0.0248. The van der Waals surface area contributed by atoms with E-state index in [2.05, 4.69) is 15.6 Å². The van der Waals surface area contributed by atoms with Crippen LogP contribution in [0.5, 0.6) is 0 Å². The van der Waals surface area contributed by atoms with Crippen LogP contribution in [0.4, 0.5) is 5.13 Å². The molecular formula is C16H27N3O2S. The molecule has 2 rings (SSSR count). The average molecular weight is 325 g/mol. The number of aromatic nitrogens is 1. The van der Waals surface area contributed by atoms with E-state index in [0.717, 1.165) is 28.7 Å². The molecule has 0 bridgehead atoms. The highest BCUT2D eigenvalue weighted by atomic mass is 32.1. The van der Waals surface area contributed by atoms with Gasteiger partial charge in [0, 0.05) is 25.8 Å². The number of nitrogens with one attached hydrogen (secondary N) is 2. The van der Waals surface area contributed by atoms with Gasteiger partial charge in [-0.15, -0.1) is 0 Å². The van der Waals surface area contributed by atoms with E-state index in [1.54, 1.807) is 0 Å². The number of nitrogens with zero attached hydrogens (tertiary/aromatic N) is 1. The van der Waals surface area contributed by atoms with Gasteiger partial charge in [-0.25, -0.2) is 4.98 Å². The first-order valence-electron chi connectivity index (χ1n) is 8.30. The molecule has 1 aromatic heterocycles. The number of carbonyl (C=O) groups is 1. The van der Waals surface area contributed by atoms with Crippen LogP contribution in [-0.2, 0) is 4.74 Å². The number of ether oxygens (including phenoxy) is 1. The standard InChI is InChI=1S/C16H27N3O2S/c1-3-21-11-7-10-17-15(20)14-12(2)18-16(22-14)19-13-8-5-4-6-9-13/h13H,3-11H2,1-2H3,(H,17,20)(H,18,19). The van der Waals surface area contributed by atoms with E-state index in [4.69, 9.17) is 4.74 Å². The molecule has 22 heavy (non-hydrogen) atoms. The molecule has 1 aromatic rings. The molecule has 124 valence electrons. The third-order valence-corrected chi connectivity index (χ3v) is 4.98. The van der Waals surface area contributed by atoms with Crippen LogP contribution in [0.25, 0.3) is 0 Å². The van der Waals surface area contributed by atoms with E-state index < -0.39 is 0 Å². The number of rotatable bonds is 8. The van der Waals surface area contributed by atoms with Crippen molar-refractivity contribution in [2.24, 2.45) is 0 Å². The molecule has 1 saturated carbocycles. The first kappa shape index (κ1) is 17.2. The van der Waals surface area contributed by atoms with Gasteiger partial charge in [0.25, 0.3) is 5.91 Å². The SMILES string of the molecule is CCOCCCNC(=O)c1sc(NC2CCCCC2)nc1C. The van der Waals surface area contributed by atoms with Gasteiger partial charge in [-0.2, -0.15) is 0 Å². The van der Waals surface area contributed by atoms with Gasteiger partial charge in [0.15, 0.2) is 5.13 Å². The minimum Gasteiger partial charge on any atom is -0.382 e. The Morgan fingerprint density at radius 1 is 1.36 bits per heavy atom. The third-order valence-electron chi connectivity index (χ3n) is 3.89. The van der Waals surface area contributed by atoms with Gasteiger partial charge in [0.05, 0.1) is 5.69 Å². The van der Waals surface area contributed by atoms with Crippen LogP contribution in [-0.4, -0.2) is 36.7 Å². The Hall–Kier alpha value is -1.14. The first-order valence-corrected chi connectivity index (χ1v) is 9.12. The average Bonchev–Trinajstić information content (AvgIpc) is 2.88. The predicted octanol–water partition coefficient (Wildman–Crippen LogP) is 3.35. The Balaban J connectivity index is 1.81. The third kappa shape index (κ3) is 5.25. The van der Waals surface area contributed by atoms with Crippen molar-refractivity contribution in [2.75, 3.05) is 25.1 Å². The number of hydrogen-bond donors (Lipinski definition) is 2. The molecule has 1 aliphatic rings. The molecule has 5 nitrogen and oxygen atoms in total. The summed E-state index contributed by atoms with van der Waals surface area (Å²) in [5, 5.41) is 7.31. The molecule has 1 fully saturated rings. The highest BCUT2D eigenvalue weighted by Crippen LogP contribution is 2.26. The lowest BCUT2D eigenvalue weighted by Crippen LogP contribution is -2.25. The topological polar surface area (TPSA) is 63.2 Å². The van der Waals surface area contributed by atoms with Gasteiger partial charge in [-0.05, 0) is 33.1 Å². The Morgan fingerprint density at radius 3 is 2.86 bits per heavy atom. The summed E-state index contributed by atoms with van der Waals surface area (Å²) in [5.41, 5.74) is 0.811. The zero-order chi connectivity index (χ0) is 15.8. The summed E-state index contributed by atoms with van der Waals surface area (Å²) in [4.78, 5) is 17.4. The van der Waals surface area contributed by atoms with Gasteiger partial charge in [-0.1, -0.05) is 30.6 Å². The van der Waals surface area contributed by atoms with Crippen molar-refractivity contribution in [2.45, 2.75) is 58.4 Å². The lowest BCUT2D eigenvalue weighted by Gasteiger charge is -2.22. The molecule has 1 heterocycles. The molecule has 0 unspecified atom stereocenters. The lowest BCUT2D eigenvalue weighted by atomic mass is 9.96. The molecule has 1 amide bonds. The van der Waals surface area contributed by atoms with Crippen molar-refractivity contribution < 1.29 is 9.53 Å². The molecule has 2 N–H and O–H groups in total. The second-order valence-corrected chi connectivity index (χ2v) is 6.72. The Bertz CT molecular complexity index is 470. The summed E-state index contributed by atoms with van der Waals surface area (Å²) in [7, 11) is 0. The van der Waals surface area contributed by atoms with Crippen LogP contribution in [0.15, 0.2) is 0 Å². The minimum absolute atomic E-state index is 0.0248. The summed E-state index contributed by atoms with van der Waals surface area (Å²) >= 11 is 1.46. The normalized spacial score (nSPS) is 15.7. The van der Waals surface area contributed by atoms with E-state index in [9.17, 15) is 4.79 Å². The fraction of sp³-hybridized carbons (Fsp3) is 0.750. The van der Waals surface area contributed by atoms with Crippen molar-refractivity contribution in [3.8, 4) is 0 Å². The van der Waals surface area contributed by atoms with E-state index in [1.807, 2.05) is 13.8 Å². The lowest BCUT2D eigenvalue weighted by molar-refractivity contribution is 0.0947. The van der Waals surface area contributed by atoms with Gasteiger partial charge in [0.2, 0.25) is 0 Å². The molecule has 0 aromatic carbocycles. The van der Waals surface area contributed by atoms with Crippen molar-refractivity contribution in [1.82, 2.24) is 10.3 Å². The second kappa shape index (κ2) is 9.10. The predicted molar refractivity (Wildman–Crippen MR) is 90.8 cm³/mol. The number of anilines is 1. The van der Waals surface area contributed by atoms with Gasteiger partial charge < -0.3 is 15.4 Å². The van der Waals surface area contributed by atoms with Crippen LogP contribution in [0, 0.1) is 6.92 Å². The number of amides is 1. The fourth-order valence-corrected chi connectivity index (χ4v) is 3.65. The van der Waals surface area contributed by atoms with Crippen LogP contribution in [0.3, 0.4) is 0 Å². The van der Waals surface area contributed by atoms with E-state index in [-0.39, 0.29) is 5.91 Å². The maximum Gasteiger partial charge on any atom is 0.263 e. The smallest absolute Gasteiger partial charge is 0.263 e. The van der Waals surface area contributed by atoms with Crippen LogP contribution in [0.2, 0.25) is 0 Å². The minimum atomic E-state index is -0.0248. The number of carbonyl (C=O) groups excluding carboxylic acids is 1. The molecule has 0 spiro atoms. The second-order valence-electron chi connectivity index (χ2n) is 5.72. The quantitative estimate of drug-likeness (QED) is 0.720. The first-order chi connectivity index (χ1) is 10.7. The Kier molecular flexibility index (Phi) is 7.12. The molecular weight excluding hydrogens is 298 g/mol. The largest absolute Gasteiger partial charge is 0.382 e. The number of aryl methyl sites for hydroxylation is 1. The molecule has 0 aliphatic heterocycles. The molecule has 6 heteroatoms. The number of hydrogen-bond acceptors (Lipinski definition) is 5. The molecule has 0 radical (unpaired) electrons. The summed E-state index contributed by atoms with van der Waals surface area (Å²) in [6.45, 7) is 5.92. The molecule has 0 atom stereocenters. The molecule has 0 saturated heterocycles. The maximum absolute atomic E-state index is 12.2. The summed E-state index contributed by atoms with van der Waals surface area (Å²) in [6.07, 6.45) is 7.16. The molecule has 1 aliphatic carbocycles. The summed E-state index contributed by atoms with van der Waals surface area (Å²) in [6, 6.07) is 0.515. The Labute approximate surface area is 136 Å². The van der Waals surface area contributed by atoms with Crippen LogP contribution < -0.4 is 10.6 Å². The monoisotopic (exact) mass is 325 g/mol. The van der Waals surface area contributed by atoms with Gasteiger partial charge in [-0.3, -0.25) is 4.79 Å². The van der Waals surface area contributed by atoms with Crippen molar-refractivity contribution >= 4 is 22.4 Å². The highest BCUT2D eigenvalue weighted by molar-refractivity contribution is 7.17. The van der Waals surface area contributed by atoms with Gasteiger partial charge >= 0.3 is 0 Å². The highest BCUT2D eigenvalue weighted by Gasteiger charge is 2.18. The zero-order valence-corrected chi connectivity index (χ0v) is 14.4. The zero-order valence-electron chi connectivity index (χ0n) is 13.6. The van der Waals surface area contributed by atoms with Crippen molar-refractivity contribution in [3.05, 3.63) is 10.6 Å². The number of thiazole rings is 1.